The summed E-state index contributed by atoms with van der Waals surface area (Å²) in [5.74, 6) is -0.887. The highest BCUT2D eigenvalue weighted by Gasteiger charge is 2.69. The molecule has 0 bridgehead atoms. The lowest BCUT2D eigenvalue weighted by Crippen LogP contribution is -2.52. The molecule has 1 amide bonds. The molecule has 2 heterocycles. The molecular formula is C16H21N3O3. The molecule has 1 saturated carbocycles. The van der Waals surface area contributed by atoms with Gasteiger partial charge < -0.3 is 15.7 Å². The Hall–Kier alpha value is -1.95. The summed E-state index contributed by atoms with van der Waals surface area (Å²) in [6.07, 6.45) is 3.70. The van der Waals surface area contributed by atoms with Crippen molar-refractivity contribution in [2.24, 2.45) is 23.0 Å². The monoisotopic (exact) mass is 303 g/mol. The number of nitrogens with two attached hydrogens (primary N) is 1. The number of amides is 1. The van der Waals surface area contributed by atoms with Crippen molar-refractivity contribution in [3.8, 4) is 0 Å². The second-order valence-corrected chi connectivity index (χ2v) is 6.89. The molecule has 1 aromatic heterocycles. The molecule has 2 fully saturated rings. The van der Waals surface area contributed by atoms with Crippen LogP contribution in [0.25, 0.3) is 0 Å². The van der Waals surface area contributed by atoms with Gasteiger partial charge in [0.1, 0.15) is 6.04 Å². The number of piperidine rings is 1. The molecular weight excluding hydrogens is 282 g/mol. The molecule has 1 aliphatic heterocycles. The standard InChI is InChI=1S/C16H21N3O3/c1-16(2)10-8-19(13(12(10)16)15(21)22)14(20)11(17)7-9-3-5-18-6-4-9/h3-6,10-13H,7-8,17H2,1-2H3,(H,21,22)/t10-,11-,12-,13-/m0/s1. The van der Waals surface area contributed by atoms with E-state index in [0.29, 0.717) is 13.0 Å². The summed E-state index contributed by atoms with van der Waals surface area (Å²) in [4.78, 5) is 29.5. The fraction of sp³-hybridized carbons (Fsp3) is 0.562. The summed E-state index contributed by atoms with van der Waals surface area (Å²) >= 11 is 0. The van der Waals surface area contributed by atoms with Gasteiger partial charge in [-0.05, 0) is 35.4 Å². The van der Waals surface area contributed by atoms with Crippen molar-refractivity contribution >= 4 is 11.9 Å². The maximum Gasteiger partial charge on any atom is 0.326 e. The van der Waals surface area contributed by atoms with Crippen LogP contribution in [-0.2, 0) is 16.0 Å². The summed E-state index contributed by atoms with van der Waals surface area (Å²) in [7, 11) is 0. The summed E-state index contributed by atoms with van der Waals surface area (Å²) in [5, 5.41) is 9.49. The van der Waals surface area contributed by atoms with E-state index in [1.165, 1.54) is 4.90 Å². The number of nitrogens with zero attached hydrogens (tertiary/aromatic N) is 2. The van der Waals surface area contributed by atoms with Crippen LogP contribution < -0.4 is 5.73 Å². The Morgan fingerprint density at radius 2 is 2.09 bits per heavy atom. The summed E-state index contributed by atoms with van der Waals surface area (Å²) in [5.41, 5.74) is 6.95. The topological polar surface area (TPSA) is 96.5 Å². The van der Waals surface area contributed by atoms with E-state index < -0.39 is 18.1 Å². The largest absolute Gasteiger partial charge is 0.480 e. The Morgan fingerprint density at radius 1 is 1.45 bits per heavy atom. The van der Waals surface area contributed by atoms with Crippen LogP contribution >= 0.6 is 0 Å². The van der Waals surface area contributed by atoms with Crippen LogP contribution in [0, 0.1) is 17.3 Å². The van der Waals surface area contributed by atoms with E-state index in [1.54, 1.807) is 12.4 Å². The third-order valence-electron chi connectivity index (χ3n) is 5.27. The second-order valence-electron chi connectivity index (χ2n) is 6.89. The molecule has 4 atom stereocenters. The van der Waals surface area contributed by atoms with Crippen molar-refractivity contribution in [3.63, 3.8) is 0 Å². The van der Waals surface area contributed by atoms with Gasteiger partial charge in [-0.3, -0.25) is 9.78 Å². The fourth-order valence-corrected chi connectivity index (χ4v) is 3.87. The Kier molecular flexibility index (Phi) is 3.44. The molecule has 6 nitrogen and oxygen atoms in total. The number of rotatable bonds is 4. The van der Waals surface area contributed by atoms with Crippen molar-refractivity contribution < 1.29 is 14.7 Å². The van der Waals surface area contributed by atoms with Crippen molar-refractivity contribution in [2.45, 2.75) is 32.4 Å². The fourth-order valence-electron chi connectivity index (χ4n) is 3.87. The van der Waals surface area contributed by atoms with Crippen LogP contribution in [0.5, 0.6) is 0 Å². The number of hydrogen-bond acceptors (Lipinski definition) is 4. The zero-order valence-electron chi connectivity index (χ0n) is 12.8. The minimum absolute atomic E-state index is 0.00896. The van der Waals surface area contributed by atoms with Gasteiger partial charge in [0, 0.05) is 24.9 Å². The number of pyridine rings is 1. The molecule has 2 aliphatic rings. The molecule has 0 radical (unpaired) electrons. The first-order valence-corrected chi connectivity index (χ1v) is 7.52. The van der Waals surface area contributed by atoms with E-state index in [0.717, 1.165) is 5.56 Å². The zero-order valence-corrected chi connectivity index (χ0v) is 12.8. The van der Waals surface area contributed by atoms with Gasteiger partial charge >= 0.3 is 5.97 Å². The van der Waals surface area contributed by atoms with Gasteiger partial charge in [0.05, 0.1) is 6.04 Å². The minimum Gasteiger partial charge on any atom is -0.480 e. The lowest BCUT2D eigenvalue weighted by Gasteiger charge is -2.30. The van der Waals surface area contributed by atoms with E-state index in [-0.39, 0.29) is 23.2 Å². The first kappa shape index (κ1) is 15.0. The second kappa shape index (κ2) is 5.05. The Balaban J connectivity index is 1.71. The van der Waals surface area contributed by atoms with Crippen LogP contribution in [0.15, 0.2) is 24.5 Å². The molecule has 0 spiro atoms. The number of likely N-dealkylation sites (tertiary alicyclic amines) is 1. The number of carboxylic acids is 1. The van der Waals surface area contributed by atoms with Crippen molar-refractivity contribution in [2.75, 3.05) is 6.54 Å². The smallest absolute Gasteiger partial charge is 0.326 e. The van der Waals surface area contributed by atoms with Gasteiger partial charge in [-0.1, -0.05) is 13.8 Å². The highest BCUT2D eigenvalue weighted by atomic mass is 16.4. The predicted octanol–water partition coefficient (Wildman–Crippen LogP) is 0.519. The molecule has 0 unspecified atom stereocenters. The van der Waals surface area contributed by atoms with E-state index in [9.17, 15) is 14.7 Å². The number of carbonyl (C=O) groups is 2. The van der Waals surface area contributed by atoms with Crippen LogP contribution in [0.1, 0.15) is 19.4 Å². The average Bonchev–Trinajstić information content (AvgIpc) is 2.86. The number of aromatic nitrogens is 1. The molecule has 6 heteroatoms. The van der Waals surface area contributed by atoms with Gasteiger partial charge in [0.15, 0.2) is 0 Å². The third-order valence-corrected chi connectivity index (χ3v) is 5.27. The first-order chi connectivity index (χ1) is 10.3. The SMILES string of the molecule is CC1(C)[C@@H]2[C@@H](C(=O)O)N(C(=O)[C@@H](N)Cc3ccncc3)C[C@@H]21. The third kappa shape index (κ3) is 2.27. The minimum atomic E-state index is -0.928. The van der Waals surface area contributed by atoms with Crippen LogP contribution in [-0.4, -0.2) is 45.5 Å². The Morgan fingerprint density at radius 3 is 2.68 bits per heavy atom. The van der Waals surface area contributed by atoms with Crippen molar-refractivity contribution in [3.05, 3.63) is 30.1 Å². The van der Waals surface area contributed by atoms with Gasteiger partial charge in [-0.15, -0.1) is 0 Å². The highest BCUT2D eigenvalue weighted by molar-refractivity contribution is 5.88. The number of fused-ring (bicyclic) bond motifs is 1. The van der Waals surface area contributed by atoms with Gasteiger partial charge in [-0.25, -0.2) is 4.79 Å². The van der Waals surface area contributed by atoms with Crippen LogP contribution in [0.4, 0.5) is 0 Å². The molecule has 1 aromatic rings. The van der Waals surface area contributed by atoms with Gasteiger partial charge in [0.2, 0.25) is 5.91 Å². The Labute approximate surface area is 129 Å². The van der Waals surface area contributed by atoms with Crippen LogP contribution in [0.3, 0.4) is 0 Å². The van der Waals surface area contributed by atoms with E-state index in [2.05, 4.69) is 18.8 Å². The summed E-state index contributed by atoms with van der Waals surface area (Å²) in [6, 6.07) is 2.17. The quantitative estimate of drug-likeness (QED) is 0.845. The molecule has 1 saturated heterocycles. The first-order valence-electron chi connectivity index (χ1n) is 7.52. The van der Waals surface area contributed by atoms with Gasteiger partial charge in [-0.2, -0.15) is 0 Å². The molecule has 1 aliphatic carbocycles. The van der Waals surface area contributed by atoms with E-state index >= 15 is 0 Å². The number of hydrogen-bond donors (Lipinski definition) is 2. The predicted molar refractivity (Wildman–Crippen MR) is 79.8 cm³/mol. The van der Waals surface area contributed by atoms with Crippen molar-refractivity contribution in [1.29, 1.82) is 0 Å². The Bertz CT molecular complexity index is 602. The number of carboxylic acid groups (broad SMARTS) is 1. The molecule has 0 aromatic carbocycles. The molecule has 118 valence electrons. The maximum absolute atomic E-state index is 12.6. The maximum atomic E-state index is 12.6. The highest BCUT2D eigenvalue weighted by Crippen LogP contribution is 2.64. The van der Waals surface area contributed by atoms with E-state index in [4.69, 9.17) is 5.73 Å². The molecule has 3 rings (SSSR count). The van der Waals surface area contributed by atoms with Crippen LogP contribution in [0.2, 0.25) is 0 Å². The van der Waals surface area contributed by atoms with E-state index in [1.807, 2.05) is 12.1 Å². The van der Waals surface area contributed by atoms with Gasteiger partial charge in [0.25, 0.3) is 0 Å². The zero-order chi connectivity index (χ0) is 16.1. The normalized spacial score (nSPS) is 29.8. The molecule has 22 heavy (non-hydrogen) atoms. The average molecular weight is 303 g/mol. The summed E-state index contributed by atoms with van der Waals surface area (Å²) in [6.45, 7) is 4.63. The lowest BCUT2D eigenvalue weighted by atomic mass is 9.99. The number of aliphatic carboxylic acids is 1. The summed E-state index contributed by atoms with van der Waals surface area (Å²) < 4.78 is 0. The lowest BCUT2D eigenvalue weighted by molar-refractivity contribution is -0.150. The molecule has 3 N–H and O–H groups in total. The number of carbonyl (C=O) groups excluding carboxylic acids is 1. The van der Waals surface area contributed by atoms with Crippen molar-refractivity contribution in [1.82, 2.24) is 9.88 Å².